The standard InChI is InChI=1S/C14H26N2O3/c1-11-5-4-9-16(10-7-11)14(19)15-8-3-6-12(2)13(17)18/h11-12H,3-10H2,1-2H3,(H,15,19)(H,17,18). The number of carbonyl (C=O) groups excluding carboxylic acids is 1. The van der Waals surface area contributed by atoms with E-state index in [0.717, 1.165) is 25.9 Å². The molecular weight excluding hydrogens is 244 g/mol. The van der Waals surface area contributed by atoms with Crippen molar-refractivity contribution in [3.05, 3.63) is 0 Å². The van der Waals surface area contributed by atoms with Crippen LogP contribution in [0.1, 0.15) is 46.0 Å². The van der Waals surface area contributed by atoms with Gasteiger partial charge in [0.2, 0.25) is 0 Å². The van der Waals surface area contributed by atoms with Gasteiger partial charge in [-0.15, -0.1) is 0 Å². The fourth-order valence-corrected chi connectivity index (χ4v) is 2.30. The highest BCUT2D eigenvalue weighted by Crippen LogP contribution is 2.16. The topological polar surface area (TPSA) is 69.6 Å². The molecule has 1 aliphatic heterocycles. The SMILES string of the molecule is CC1CCCN(C(=O)NCCCC(C)C(=O)O)CC1. The largest absolute Gasteiger partial charge is 0.481 e. The first kappa shape index (κ1) is 15.8. The molecule has 19 heavy (non-hydrogen) atoms. The van der Waals surface area contributed by atoms with Crippen molar-refractivity contribution in [2.75, 3.05) is 19.6 Å². The van der Waals surface area contributed by atoms with Crippen LogP contribution < -0.4 is 5.32 Å². The predicted molar refractivity (Wildman–Crippen MR) is 74.0 cm³/mol. The number of rotatable bonds is 5. The summed E-state index contributed by atoms with van der Waals surface area (Å²) in [4.78, 5) is 24.5. The molecule has 0 radical (unpaired) electrons. The van der Waals surface area contributed by atoms with Gasteiger partial charge in [0.25, 0.3) is 0 Å². The van der Waals surface area contributed by atoms with Crippen molar-refractivity contribution >= 4 is 12.0 Å². The molecule has 0 aromatic heterocycles. The first-order valence-electron chi connectivity index (χ1n) is 7.26. The lowest BCUT2D eigenvalue weighted by molar-refractivity contribution is -0.141. The monoisotopic (exact) mass is 270 g/mol. The van der Waals surface area contributed by atoms with Crippen molar-refractivity contribution in [2.24, 2.45) is 11.8 Å². The van der Waals surface area contributed by atoms with Gasteiger partial charge in [0, 0.05) is 19.6 Å². The van der Waals surface area contributed by atoms with E-state index >= 15 is 0 Å². The van der Waals surface area contributed by atoms with E-state index in [1.807, 2.05) is 4.90 Å². The Bertz CT molecular complexity index is 307. The summed E-state index contributed by atoms with van der Waals surface area (Å²) in [6, 6.07) is -0.00271. The van der Waals surface area contributed by atoms with Crippen LogP contribution in [0.25, 0.3) is 0 Å². The highest BCUT2D eigenvalue weighted by atomic mass is 16.4. The summed E-state index contributed by atoms with van der Waals surface area (Å²) < 4.78 is 0. The molecule has 2 atom stereocenters. The van der Waals surface area contributed by atoms with E-state index in [4.69, 9.17) is 5.11 Å². The van der Waals surface area contributed by atoms with E-state index in [1.54, 1.807) is 6.92 Å². The zero-order valence-electron chi connectivity index (χ0n) is 12.0. The molecule has 1 aliphatic rings. The lowest BCUT2D eigenvalue weighted by atomic mass is 10.0. The Morgan fingerprint density at radius 2 is 2.11 bits per heavy atom. The summed E-state index contributed by atoms with van der Waals surface area (Å²) in [6.45, 7) is 6.15. The van der Waals surface area contributed by atoms with E-state index in [0.29, 0.717) is 25.3 Å². The molecule has 0 aliphatic carbocycles. The second-order valence-corrected chi connectivity index (χ2v) is 5.64. The van der Waals surface area contributed by atoms with Crippen molar-refractivity contribution in [2.45, 2.75) is 46.0 Å². The van der Waals surface area contributed by atoms with Gasteiger partial charge in [0.1, 0.15) is 0 Å². The zero-order valence-corrected chi connectivity index (χ0v) is 12.0. The van der Waals surface area contributed by atoms with Crippen molar-refractivity contribution in [1.82, 2.24) is 10.2 Å². The Kier molecular flexibility index (Phi) is 6.67. The minimum absolute atomic E-state index is 0.00271. The maximum atomic E-state index is 11.9. The van der Waals surface area contributed by atoms with Crippen LogP contribution in [0.4, 0.5) is 4.79 Å². The third-order valence-electron chi connectivity index (χ3n) is 3.82. The average molecular weight is 270 g/mol. The Morgan fingerprint density at radius 3 is 2.79 bits per heavy atom. The van der Waals surface area contributed by atoms with E-state index in [-0.39, 0.29) is 11.9 Å². The third-order valence-corrected chi connectivity index (χ3v) is 3.82. The number of likely N-dealkylation sites (tertiary alicyclic amines) is 1. The summed E-state index contributed by atoms with van der Waals surface area (Å²) in [7, 11) is 0. The molecule has 2 amide bonds. The first-order valence-corrected chi connectivity index (χ1v) is 7.26. The number of carboxylic acid groups (broad SMARTS) is 1. The van der Waals surface area contributed by atoms with Crippen LogP contribution in [0.5, 0.6) is 0 Å². The lowest BCUT2D eigenvalue weighted by Gasteiger charge is -2.21. The van der Waals surface area contributed by atoms with Gasteiger partial charge >= 0.3 is 12.0 Å². The Labute approximate surface area is 115 Å². The molecule has 5 heteroatoms. The van der Waals surface area contributed by atoms with Crippen LogP contribution in [-0.4, -0.2) is 41.6 Å². The molecule has 1 rings (SSSR count). The van der Waals surface area contributed by atoms with Gasteiger partial charge in [-0.1, -0.05) is 13.8 Å². The van der Waals surface area contributed by atoms with Crippen molar-refractivity contribution in [1.29, 1.82) is 0 Å². The number of carbonyl (C=O) groups is 2. The number of nitrogens with one attached hydrogen (secondary N) is 1. The molecule has 1 heterocycles. The molecule has 0 spiro atoms. The first-order chi connectivity index (χ1) is 9.00. The van der Waals surface area contributed by atoms with Crippen LogP contribution in [0, 0.1) is 11.8 Å². The van der Waals surface area contributed by atoms with E-state index in [1.165, 1.54) is 6.42 Å². The molecule has 0 aromatic carbocycles. The molecule has 1 fully saturated rings. The van der Waals surface area contributed by atoms with Gasteiger partial charge < -0.3 is 15.3 Å². The highest BCUT2D eigenvalue weighted by molar-refractivity contribution is 5.74. The fourth-order valence-electron chi connectivity index (χ4n) is 2.30. The Hall–Kier alpha value is -1.26. The van der Waals surface area contributed by atoms with Gasteiger partial charge in [-0.3, -0.25) is 4.79 Å². The van der Waals surface area contributed by atoms with E-state index in [9.17, 15) is 9.59 Å². The van der Waals surface area contributed by atoms with Crippen LogP contribution in [-0.2, 0) is 4.79 Å². The summed E-state index contributed by atoms with van der Waals surface area (Å²) in [5.74, 6) is -0.405. The molecule has 0 bridgehead atoms. The van der Waals surface area contributed by atoms with Gasteiger partial charge in [0.05, 0.1) is 5.92 Å². The Morgan fingerprint density at radius 1 is 1.37 bits per heavy atom. The summed E-state index contributed by atoms with van der Waals surface area (Å²) >= 11 is 0. The normalized spacial score (nSPS) is 21.6. The molecule has 110 valence electrons. The highest BCUT2D eigenvalue weighted by Gasteiger charge is 2.18. The minimum Gasteiger partial charge on any atom is -0.481 e. The van der Waals surface area contributed by atoms with Crippen LogP contribution in [0.2, 0.25) is 0 Å². The molecule has 0 saturated carbocycles. The van der Waals surface area contributed by atoms with Crippen molar-refractivity contribution in [3.8, 4) is 0 Å². The summed E-state index contributed by atoms with van der Waals surface area (Å²) in [5.41, 5.74) is 0. The average Bonchev–Trinajstić information content (AvgIpc) is 2.58. The van der Waals surface area contributed by atoms with Crippen LogP contribution >= 0.6 is 0 Å². The van der Waals surface area contributed by atoms with Crippen LogP contribution in [0.3, 0.4) is 0 Å². The van der Waals surface area contributed by atoms with Gasteiger partial charge in [0.15, 0.2) is 0 Å². The lowest BCUT2D eigenvalue weighted by Crippen LogP contribution is -2.41. The van der Waals surface area contributed by atoms with Crippen molar-refractivity contribution in [3.63, 3.8) is 0 Å². The number of aliphatic carboxylic acids is 1. The number of nitrogens with zero attached hydrogens (tertiary/aromatic N) is 1. The minimum atomic E-state index is -0.771. The maximum absolute atomic E-state index is 11.9. The number of carboxylic acids is 1. The maximum Gasteiger partial charge on any atom is 0.317 e. The van der Waals surface area contributed by atoms with E-state index < -0.39 is 5.97 Å². The molecule has 0 aromatic rings. The second-order valence-electron chi connectivity index (χ2n) is 5.64. The third kappa shape index (κ3) is 5.94. The number of amides is 2. The van der Waals surface area contributed by atoms with Gasteiger partial charge in [-0.2, -0.15) is 0 Å². The fraction of sp³-hybridized carbons (Fsp3) is 0.857. The molecule has 5 nitrogen and oxygen atoms in total. The van der Waals surface area contributed by atoms with E-state index in [2.05, 4.69) is 12.2 Å². The summed E-state index contributed by atoms with van der Waals surface area (Å²) in [5, 5.41) is 11.6. The van der Waals surface area contributed by atoms with Crippen molar-refractivity contribution < 1.29 is 14.7 Å². The Balaban J connectivity index is 2.18. The second kappa shape index (κ2) is 8.02. The molecule has 2 unspecified atom stereocenters. The zero-order chi connectivity index (χ0) is 14.3. The summed E-state index contributed by atoms with van der Waals surface area (Å²) in [6.07, 6.45) is 4.66. The smallest absolute Gasteiger partial charge is 0.317 e. The number of hydrogen-bond donors (Lipinski definition) is 2. The van der Waals surface area contributed by atoms with Crippen LogP contribution in [0.15, 0.2) is 0 Å². The molecular formula is C14H26N2O3. The quantitative estimate of drug-likeness (QED) is 0.753. The van der Waals surface area contributed by atoms with Gasteiger partial charge in [-0.05, 0) is 38.0 Å². The molecule has 2 N–H and O–H groups in total. The number of hydrogen-bond acceptors (Lipinski definition) is 2. The number of urea groups is 1. The van der Waals surface area contributed by atoms with Gasteiger partial charge in [-0.25, -0.2) is 4.79 Å². The molecule has 1 saturated heterocycles. The predicted octanol–water partition coefficient (Wildman–Crippen LogP) is 2.32.